The maximum Gasteiger partial charge on any atom is 0.209 e. The summed E-state index contributed by atoms with van der Waals surface area (Å²) in [5.41, 5.74) is 6.68. The molecule has 0 saturated carbocycles. The van der Waals surface area contributed by atoms with E-state index in [1.54, 1.807) is 24.3 Å². The van der Waals surface area contributed by atoms with E-state index in [2.05, 4.69) is 5.32 Å². The van der Waals surface area contributed by atoms with Crippen molar-refractivity contribution in [2.45, 2.75) is 6.42 Å². The molecule has 1 aliphatic carbocycles. The third-order valence-electron chi connectivity index (χ3n) is 2.65. The Morgan fingerprint density at radius 3 is 2.53 bits per heavy atom. The first-order valence-corrected chi connectivity index (χ1v) is 5.57. The molecule has 1 aromatic rings. The second kappa shape index (κ2) is 4.93. The lowest BCUT2D eigenvalue weighted by Gasteiger charge is -2.16. The number of ketones is 2. The summed E-state index contributed by atoms with van der Waals surface area (Å²) in [6.45, 7) is 1.16. The van der Waals surface area contributed by atoms with Gasteiger partial charge in [-0.15, -0.1) is 0 Å². The molecule has 4 heteroatoms. The van der Waals surface area contributed by atoms with Crippen LogP contribution in [0, 0.1) is 0 Å². The highest BCUT2D eigenvalue weighted by molar-refractivity contribution is 6.24. The van der Waals surface area contributed by atoms with E-state index in [0.29, 0.717) is 29.9 Å². The minimum absolute atomic E-state index is 0.128. The molecule has 0 bridgehead atoms. The Kier molecular flexibility index (Phi) is 3.35. The third-order valence-corrected chi connectivity index (χ3v) is 2.65. The first kappa shape index (κ1) is 11.5. The SMILES string of the molecule is NCCCNC1=CC(=O)c2ccccc2C1=O. The number of Topliss-reactive ketones (excluding diaryl/α,β-unsaturated/α-hetero) is 1. The van der Waals surface area contributed by atoms with Crippen LogP contribution in [0.3, 0.4) is 0 Å². The number of hydrogen-bond donors (Lipinski definition) is 2. The molecule has 3 N–H and O–H groups in total. The van der Waals surface area contributed by atoms with Crippen molar-refractivity contribution >= 4 is 11.6 Å². The predicted molar refractivity (Wildman–Crippen MR) is 64.9 cm³/mol. The van der Waals surface area contributed by atoms with Crippen molar-refractivity contribution in [1.82, 2.24) is 5.32 Å². The van der Waals surface area contributed by atoms with Gasteiger partial charge in [0.25, 0.3) is 0 Å². The molecule has 2 rings (SSSR count). The normalized spacial score (nSPS) is 14.3. The number of nitrogens with two attached hydrogens (primary N) is 1. The summed E-state index contributed by atoms with van der Waals surface area (Å²) in [4.78, 5) is 23.8. The van der Waals surface area contributed by atoms with E-state index in [0.717, 1.165) is 6.42 Å². The molecular formula is C13H14N2O2. The van der Waals surface area contributed by atoms with Gasteiger partial charge < -0.3 is 11.1 Å². The molecule has 0 aliphatic heterocycles. The van der Waals surface area contributed by atoms with Crippen molar-refractivity contribution in [3.05, 3.63) is 47.2 Å². The van der Waals surface area contributed by atoms with E-state index in [1.165, 1.54) is 6.08 Å². The minimum atomic E-state index is -0.129. The van der Waals surface area contributed by atoms with E-state index in [9.17, 15) is 9.59 Å². The molecular weight excluding hydrogens is 216 g/mol. The van der Waals surface area contributed by atoms with Crippen LogP contribution in [0.4, 0.5) is 0 Å². The summed E-state index contributed by atoms with van der Waals surface area (Å²) in [5, 5.41) is 2.95. The summed E-state index contributed by atoms with van der Waals surface area (Å²) in [6.07, 6.45) is 2.13. The molecule has 0 aromatic heterocycles. The van der Waals surface area contributed by atoms with Crippen molar-refractivity contribution in [1.29, 1.82) is 0 Å². The molecule has 0 fully saturated rings. The Balaban J connectivity index is 2.23. The van der Waals surface area contributed by atoms with Crippen LogP contribution >= 0.6 is 0 Å². The molecule has 1 aliphatic rings. The molecule has 4 nitrogen and oxygen atoms in total. The Morgan fingerprint density at radius 1 is 1.12 bits per heavy atom. The Bertz CT molecular complexity index is 492. The van der Waals surface area contributed by atoms with Crippen LogP contribution in [0.2, 0.25) is 0 Å². The number of carbonyl (C=O) groups is 2. The van der Waals surface area contributed by atoms with Crippen molar-refractivity contribution in [2.75, 3.05) is 13.1 Å². The number of benzene rings is 1. The van der Waals surface area contributed by atoms with Gasteiger partial charge in [0.2, 0.25) is 5.78 Å². The van der Waals surface area contributed by atoms with Crippen LogP contribution in [0.1, 0.15) is 27.1 Å². The molecule has 17 heavy (non-hydrogen) atoms. The lowest BCUT2D eigenvalue weighted by molar-refractivity contribution is 0.0978. The second-order valence-corrected chi connectivity index (χ2v) is 3.87. The monoisotopic (exact) mass is 230 g/mol. The van der Waals surface area contributed by atoms with E-state index < -0.39 is 0 Å². The summed E-state index contributed by atoms with van der Waals surface area (Å²) in [5.74, 6) is -0.257. The fourth-order valence-corrected chi connectivity index (χ4v) is 1.77. The lowest BCUT2D eigenvalue weighted by atomic mass is 9.93. The molecule has 88 valence electrons. The lowest BCUT2D eigenvalue weighted by Crippen LogP contribution is -2.28. The van der Waals surface area contributed by atoms with Crippen LogP contribution in [-0.2, 0) is 0 Å². The number of hydrogen-bond acceptors (Lipinski definition) is 4. The van der Waals surface area contributed by atoms with Crippen LogP contribution in [0.25, 0.3) is 0 Å². The number of nitrogens with one attached hydrogen (secondary N) is 1. The van der Waals surface area contributed by atoms with Crippen molar-refractivity contribution in [3.63, 3.8) is 0 Å². The van der Waals surface area contributed by atoms with Crippen molar-refractivity contribution in [3.8, 4) is 0 Å². The van der Waals surface area contributed by atoms with E-state index >= 15 is 0 Å². The zero-order valence-electron chi connectivity index (χ0n) is 9.40. The smallest absolute Gasteiger partial charge is 0.209 e. The van der Waals surface area contributed by atoms with Gasteiger partial charge in [-0.2, -0.15) is 0 Å². The van der Waals surface area contributed by atoms with E-state index in [4.69, 9.17) is 5.73 Å². The van der Waals surface area contributed by atoms with Crippen LogP contribution in [0.15, 0.2) is 36.0 Å². The van der Waals surface area contributed by atoms with Crippen LogP contribution < -0.4 is 11.1 Å². The maximum absolute atomic E-state index is 12.0. The summed E-state index contributed by atoms with van der Waals surface area (Å²) in [6, 6.07) is 6.85. The second-order valence-electron chi connectivity index (χ2n) is 3.87. The molecule has 0 atom stereocenters. The number of fused-ring (bicyclic) bond motifs is 1. The standard InChI is InChI=1S/C13H14N2O2/c14-6-3-7-15-11-8-12(16)9-4-1-2-5-10(9)13(11)17/h1-2,4-5,8,15H,3,6-7,14H2. The average Bonchev–Trinajstić information content (AvgIpc) is 2.36. The van der Waals surface area contributed by atoms with Gasteiger partial charge in [0.15, 0.2) is 5.78 Å². The van der Waals surface area contributed by atoms with Gasteiger partial charge in [0, 0.05) is 23.7 Å². The van der Waals surface area contributed by atoms with Crippen LogP contribution in [-0.4, -0.2) is 24.7 Å². The van der Waals surface area contributed by atoms with Gasteiger partial charge in [-0.05, 0) is 13.0 Å². The fraction of sp³-hybridized carbons (Fsp3) is 0.231. The molecule has 1 aromatic carbocycles. The van der Waals surface area contributed by atoms with Gasteiger partial charge in [-0.3, -0.25) is 9.59 Å². The maximum atomic E-state index is 12.0. The van der Waals surface area contributed by atoms with Gasteiger partial charge in [-0.1, -0.05) is 24.3 Å². The number of allylic oxidation sites excluding steroid dienone is 2. The zero-order chi connectivity index (χ0) is 12.3. The molecule has 0 heterocycles. The highest BCUT2D eigenvalue weighted by atomic mass is 16.1. The first-order chi connectivity index (χ1) is 8.24. The highest BCUT2D eigenvalue weighted by Gasteiger charge is 2.24. The van der Waals surface area contributed by atoms with E-state index in [-0.39, 0.29) is 11.6 Å². The Morgan fingerprint density at radius 2 is 1.82 bits per heavy atom. The molecule has 0 radical (unpaired) electrons. The molecule has 0 spiro atoms. The first-order valence-electron chi connectivity index (χ1n) is 5.57. The predicted octanol–water partition coefficient (Wildman–Crippen LogP) is 0.888. The van der Waals surface area contributed by atoms with Gasteiger partial charge in [0.1, 0.15) is 0 Å². The highest BCUT2D eigenvalue weighted by Crippen LogP contribution is 2.19. The zero-order valence-corrected chi connectivity index (χ0v) is 9.40. The van der Waals surface area contributed by atoms with Gasteiger partial charge >= 0.3 is 0 Å². The summed E-state index contributed by atoms with van der Waals surface area (Å²) >= 11 is 0. The molecule has 0 amide bonds. The average molecular weight is 230 g/mol. The topological polar surface area (TPSA) is 72.2 Å². The van der Waals surface area contributed by atoms with Crippen molar-refractivity contribution < 1.29 is 9.59 Å². The molecule has 0 unspecified atom stereocenters. The Hall–Kier alpha value is -1.94. The van der Waals surface area contributed by atoms with Gasteiger partial charge in [-0.25, -0.2) is 0 Å². The minimum Gasteiger partial charge on any atom is -0.382 e. The fourth-order valence-electron chi connectivity index (χ4n) is 1.77. The summed E-state index contributed by atoms with van der Waals surface area (Å²) in [7, 11) is 0. The third kappa shape index (κ3) is 2.26. The summed E-state index contributed by atoms with van der Waals surface area (Å²) < 4.78 is 0. The number of rotatable bonds is 4. The van der Waals surface area contributed by atoms with E-state index in [1.807, 2.05) is 0 Å². The van der Waals surface area contributed by atoms with Gasteiger partial charge in [0.05, 0.1) is 5.70 Å². The Labute approximate surface area is 99.5 Å². The molecule has 0 saturated heterocycles. The quantitative estimate of drug-likeness (QED) is 0.753. The number of carbonyl (C=O) groups excluding carboxylic acids is 2. The largest absolute Gasteiger partial charge is 0.382 e. The van der Waals surface area contributed by atoms with Crippen molar-refractivity contribution in [2.24, 2.45) is 5.73 Å². The van der Waals surface area contributed by atoms with Crippen LogP contribution in [0.5, 0.6) is 0 Å².